The first kappa shape index (κ1) is 68.3. The Labute approximate surface area is 469 Å². The number of rotatable bonds is 8. The van der Waals surface area contributed by atoms with Crippen LogP contribution >= 0.6 is 24.8 Å². The zero-order valence-corrected chi connectivity index (χ0v) is 50.0. The third-order valence-corrected chi connectivity index (χ3v) is 11.8. The van der Waals surface area contributed by atoms with E-state index in [0.717, 1.165) is 48.8 Å². The Morgan fingerprint density at radius 3 is 1.56 bits per heavy atom. The van der Waals surface area contributed by atoms with Crippen molar-refractivity contribution in [3.63, 3.8) is 0 Å². The molecule has 0 aromatic carbocycles. The lowest BCUT2D eigenvalue weighted by molar-refractivity contribution is -0.179. The Kier molecular flexibility index (Phi) is 27.0. The van der Waals surface area contributed by atoms with Crippen molar-refractivity contribution in [2.24, 2.45) is 17.6 Å². The Morgan fingerprint density at radius 2 is 1.17 bits per heavy atom. The van der Waals surface area contributed by atoms with Gasteiger partial charge in [0.25, 0.3) is 0 Å². The highest BCUT2D eigenvalue weighted by atomic mass is 35.5. The summed E-state index contributed by atoms with van der Waals surface area (Å²) in [4.78, 5) is 84.0. The molecule has 1 unspecified atom stereocenters. The first-order valence-corrected chi connectivity index (χ1v) is 26.0. The standard InChI is InChI=1S/C14H19N3O2.C12H22N2O3.C9H11N3.C9H15NO3.C5H13NO2.C4H8N2.2ClH/c1-14(2,3)19-13(18)17-7-10-6-15-12(9-4-5-9)16-11(10)8-17;1-12(2,3)17-11(16)14-7-9(6-13(4)5)10(15)8-14;1-2-6(1)9-11-4-7-3-10-5-8(7)12-9;1-9(2,3)13-8(12)10-5-4-7(11)6-10;1-6(2)5(7-3)8-4;5-4(6)3-1-2-3;;/h6,9H,4-5,7-8H2,1-3H3;9H,6-8H2,1-5H3;4,6,10H,1-3,5H2;4-6H2,1-3H3;5H,1-4H3;3H,1-2H2,(H3,5,6);2*1H. The van der Waals surface area contributed by atoms with Crippen LogP contribution in [-0.2, 0) is 59.5 Å². The number of nitrogens with two attached hydrogens (primary N) is 1. The summed E-state index contributed by atoms with van der Waals surface area (Å²) in [5.74, 6) is 4.19. The number of hydrogen-bond donors (Lipinski definition) is 3. The number of ketones is 2. The molecule has 1 atom stereocenters. The summed E-state index contributed by atoms with van der Waals surface area (Å²) >= 11 is 0. The van der Waals surface area contributed by atoms with E-state index < -0.39 is 29.0 Å². The van der Waals surface area contributed by atoms with Gasteiger partial charge in [-0.15, -0.1) is 24.8 Å². The van der Waals surface area contributed by atoms with Crippen molar-refractivity contribution in [3.05, 3.63) is 46.6 Å². The van der Waals surface area contributed by atoms with Crippen LogP contribution in [0, 0.1) is 17.2 Å². The molecule has 0 bridgehead atoms. The average molecular weight is 1130 g/mol. The van der Waals surface area contributed by atoms with Gasteiger partial charge in [0.1, 0.15) is 28.5 Å². The molecule has 3 amide bonds. The molecule has 3 aliphatic carbocycles. The van der Waals surface area contributed by atoms with Gasteiger partial charge >= 0.3 is 18.3 Å². The van der Waals surface area contributed by atoms with Gasteiger partial charge in [0.05, 0.1) is 43.4 Å². The van der Waals surface area contributed by atoms with Crippen molar-refractivity contribution in [3.8, 4) is 0 Å². The van der Waals surface area contributed by atoms with E-state index in [1.54, 1.807) is 19.1 Å². The number of carbonyl (C=O) groups excluding carboxylic acids is 5. The van der Waals surface area contributed by atoms with E-state index in [0.29, 0.717) is 62.7 Å². The molecule has 0 spiro atoms. The summed E-state index contributed by atoms with van der Waals surface area (Å²) < 4.78 is 25.5. The Balaban J connectivity index is 0.000000325. The number of Topliss-reactive ketones (excluding diaryl/α,β-unsaturated/α-hetero) is 2. The monoisotopic (exact) mass is 1120 g/mol. The smallest absolute Gasteiger partial charge is 0.410 e. The minimum atomic E-state index is -0.514. The molecule has 0 radical (unpaired) electrons. The van der Waals surface area contributed by atoms with Crippen molar-refractivity contribution >= 4 is 60.5 Å². The van der Waals surface area contributed by atoms with Crippen LogP contribution in [0.15, 0.2) is 12.4 Å². The van der Waals surface area contributed by atoms with Crippen molar-refractivity contribution in [1.82, 2.24) is 49.8 Å². The number of halogens is 2. The normalized spacial score (nSPS) is 18.3. The summed E-state index contributed by atoms with van der Waals surface area (Å²) in [5, 5.41) is 10.1. The molecule has 4 aliphatic heterocycles. The molecule has 4 N–H and O–H groups in total. The number of amidine groups is 1. The van der Waals surface area contributed by atoms with Gasteiger partial charge in [0.15, 0.2) is 11.6 Å². The molecule has 2 aromatic rings. The highest BCUT2D eigenvalue weighted by Gasteiger charge is 2.37. The van der Waals surface area contributed by atoms with E-state index in [2.05, 4.69) is 25.3 Å². The molecular weight excluding hydrogens is 1040 g/mol. The SMILES string of the molecule is CC(C)(C)OC(=O)N1CCC(=O)C1.CC(C)(C)OC(=O)N1Cc2cnc(C3CC3)nc2C1.CN(C)CC1CN(C(=O)OC(C)(C)C)CC1=O.COC(OC)N(C)C.Cl.Cl.N=C(N)C1CC1.c1nc(C2CC2)nc2c1CNC2. The van der Waals surface area contributed by atoms with Crippen LogP contribution in [0.2, 0.25) is 0 Å². The second kappa shape index (κ2) is 30.5. The van der Waals surface area contributed by atoms with E-state index in [1.165, 1.54) is 46.7 Å². The van der Waals surface area contributed by atoms with Gasteiger partial charge in [-0.25, -0.2) is 34.3 Å². The number of amides is 3. The number of nitrogens with one attached hydrogen (secondary N) is 2. The molecule has 22 nitrogen and oxygen atoms in total. The molecule has 24 heteroatoms. The van der Waals surface area contributed by atoms with Crippen LogP contribution in [0.25, 0.3) is 0 Å². The summed E-state index contributed by atoms with van der Waals surface area (Å²) in [7, 11) is 10.8. The van der Waals surface area contributed by atoms with Crippen LogP contribution in [0.1, 0.15) is 153 Å². The van der Waals surface area contributed by atoms with Crippen LogP contribution in [0.5, 0.6) is 0 Å². The number of fused-ring (bicyclic) bond motifs is 2. The third kappa shape index (κ3) is 25.2. The quantitative estimate of drug-likeness (QED) is 0.104. The Hall–Kier alpha value is -4.84. The number of methoxy groups -OCH3 is 2. The summed E-state index contributed by atoms with van der Waals surface area (Å²) in [6.07, 6.45) is 10.3. The van der Waals surface area contributed by atoms with Crippen LogP contribution in [-0.4, -0.2) is 178 Å². The van der Waals surface area contributed by atoms with Crippen LogP contribution < -0.4 is 11.1 Å². The van der Waals surface area contributed by atoms with Crippen molar-refractivity contribution in [1.29, 1.82) is 5.41 Å². The Morgan fingerprint density at radius 1 is 0.688 bits per heavy atom. The maximum Gasteiger partial charge on any atom is 0.410 e. The van der Waals surface area contributed by atoms with Crippen molar-refractivity contribution in [2.75, 3.05) is 75.1 Å². The number of ether oxygens (including phenoxy) is 5. The molecule has 6 heterocycles. The first-order valence-electron chi connectivity index (χ1n) is 26.0. The lowest BCUT2D eigenvalue weighted by Gasteiger charge is -2.24. The van der Waals surface area contributed by atoms with E-state index in [9.17, 15) is 24.0 Å². The lowest BCUT2D eigenvalue weighted by Crippen LogP contribution is -2.36. The van der Waals surface area contributed by atoms with Gasteiger partial charge in [0, 0.05) is 101 Å². The van der Waals surface area contributed by atoms with Gasteiger partial charge in [0.2, 0.25) is 6.41 Å². The van der Waals surface area contributed by atoms with Crippen molar-refractivity contribution in [2.45, 2.75) is 168 Å². The molecule has 436 valence electrons. The fourth-order valence-corrected chi connectivity index (χ4v) is 7.62. The van der Waals surface area contributed by atoms with Crippen LogP contribution in [0.3, 0.4) is 0 Å². The topological polar surface area (TPSA) is 261 Å². The zero-order chi connectivity index (χ0) is 56.0. The number of likely N-dealkylation sites (tertiary alicyclic amines) is 2. The fraction of sp³-hybridized carbons (Fsp3) is 0.736. The van der Waals surface area contributed by atoms with Crippen LogP contribution in [0.4, 0.5) is 14.4 Å². The van der Waals surface area contributed by atoms with Gasteiger partial charge in [-0.2, -0.15) is 0 Å². The molecule has 9 rings (SSSR count). The first-order chi connectivity index (χ1) is 34.9. The summed E-state index contributed by atoms with van der Waals surface area (Å²) in [5.41, 5.74) is 8.13. The predicted octanol–water partition coefficient (Wildman–Crippen LogP) is 7.04. The van der Waals surface area contributed by atoms with E-state index >= 15 is 0 Å². The molecule has 5 fully saturated rings. The minimum Gasteiger partial charge on any atom is -0.444 e. The molecule has 7 aliphatic rings. The molecule has 3 saturated carbocycles. The van der Waals surface area contributed by atoms with Gasteiger partial charge in [-0.05, 0) is 129 Å². The number of aromatic nitrogens is 4. The highest BCUT2D eigenvalue weighted by molar-refractivity contribution is 5.90. The minimum absolute atomic E-state index is 0. The molecule has 77 heavy (non-hydrogen) atoms. The second-order valence-corrected chi connectivity index (χ2v) is 23.3. The summed E-state index contributed by atoms with van der Waals surface area (Å²) in [6, 6.07) is 0. The predicted molar refractivity (Wildman–Crippen MR) is 297 cm³/mol. The second-order valence-electron chi connectivity index (χ2n) is 23.3. The zero-order valence-electron chi connectivity index (χ0n) is 48.4. The molecular formula is C53H90Cl2N12O10. The average Bonchev–Trinajstić information content (AvgIpc) is 4.27. The maximum atomic E-state index is 12.0. The van der Waals surface area contributed by atoms with Gasteiger partial charge < -0.3 is 49.4 Å². The largest absolute Gasteiger partial charge is 0.444 e. The van der Waals surface area contributed by atoms with E-state index in [4.69, 9.17) is 34.8 Å². The maximum absolute atomic E-state index is 12.0. The fourth-order valence-electron chi connectivity index (χ4n) is 7.62. The van der Waals surface area contributed by atoms with Gasteiger partial charge in [-0.3, -0.25) is 24.8 Å². The van der Waals surface area contributed by atoms with E-state index in [1.807, 2.05) is 113 Å². The molecule has 2 aromatic heterocycles. The number of nitrogens with zero attached hydrogens (tertiary/aromatic N) is 9. The Bertz CT molecular complexity index is 2260. The van der Waals surface area contributed by atoms with Crippen molar-refractivity contribution < 1.29 is 47.7 Å². The van der Waals surface area contributed by atoms with Gasteiger partial charge in [-0.1, -0.05) is 0 Å². The molecule has 2 saturated heterocycles. The lowest BCUT2D eigenvalue weighted by atomic mass is 10.1. The highest BCUT2D eigenvalue weighted by Crippen LogP contribution is 2.39. The summed E-state index contributed by atoms with van der Waals surface area (Å²) in [6.45, 7) is 21.5. The third-order valence-electron chi connectivity index (χ3n) is 11.8. The van der Waals surface area contributed by atoms with E-state index in [-0.39, 0.29) is 67.9 Å². The number of hydrogen-bond acceptors (Lipinski definition) is 18. The number of carbonyl (C=O) groups is 5.